The van der Waals surface area contributed by atoms with E-state index in [-0.39, 0.29) is 48.0 Å². The van der Waals surface area contributed by atoms with Crippen LogP contribution in [0.3, 0.4) is 0 Å². The number of methoxy groups -OCH3 is 1. The summed E-state index contributed by atoms with van der Waals surface area (Å²) in [6.45, 7) is 6.29. The number of hydrogen-bond acceptors (Lipinski definition) is 12. The molecule has 0 spiro atoms. The molecule has 5 aromatic rings. The predicted octanol–water partition coefficient (Wildman–Crippen LogP) is 4.07. The first kappa shape index (κ1) is 43.3. The van der Waals surface area contributed by atoms with Crippen molar-refractivity contribution in [2.75, 3.05) is 63.6 Å². The molecule has 0 radical (unpaired) electrons. The predicted molar refractivity (Wildman–Crippen MR) is 239 cm³/mol. The van der Waals surface area contributed by atoms with Crippen molar-refractivity contribution in [3.63, 3.8) is 0 Å². The molecule has 4 aliphatic rings. The number of fused-ring (bicyclic) bond motifs is 2. The molecule has 4 N–H and O–H groups in total. The van der Waals surface area contributed by atoms with Gasteiger partial charge in [-0.15, -0.1) is 0 Å². The lowest BCUT2D eigenvalue weighted by atomic mass is 10.0. The van der Waals surface area contributed by atoms with Crippen LogP contribution in [-0.4, -0.2) is 123 Å². The second-order valence-corrected chi connectivity index (χ2v) is 17.1. The summed E-state index contributed by atoms with van der Waals surface area (Å²) in [5.74, 6) is -1.11. The fraction of sp³-hybridized carbons (Fsp3) is 0.404. The van der Waals surface area contributed by atoms with Gasteiger partial charge in [-0.1, -0.05) is 30.7 Å². The molecule has 2 atom stereocenters. The average Bonchev–Trinajstić information content (AvgIpc) is 4.05. The number of nitrogens with two attached hydrogens (primary N) is 1. The second-order valence-electron chi connectivity index (χ2n) is 17.1. The molecule has 5 amide bonds. The summed E-state index contributed by atoms with van der Waals surface area (Å²) < 4.78 is 20.9. The quantitative estimate of drug-likeness (QED) is 0.107. The SMILES string of the molecule is COc1ccc(F)cc1C(=O)NCc1ccc(-c2nn(C3CCN(C(=O)CCCCCN4CCN(c5ccc6c(c5)CN(C5CCC(=O)NC5=O)C6=O)CC4)C3)c3ncnc(N)c23)cc1. The highest BCUT2D eigenvalue weighted by Crippen LogP contribution is 2.35. The first-order valence-electron chi connectivity index (χ1n) is 22.3. The monoisotopic (exact) mass is 885 g/mol. The highest BCUT2D eigenvalue weighted by atomic mass is 19.1. The minimum absolute atomic E-state index is 0.0794. The Balaban J connectivity index is 0.723. The van der Waals surface area contributed by atoms with E-state index < -0.39 is 23.7 Å². The Hall–Kier alpha value is -6.95. The van der Waals surface area contributed by atoms with Crippen LogP contribution in [0, 0.1) is 5.82 Å². The van der Waals surface area contributed by atoms with Crippen LogP contribution in [0.4, 0.5) is 15.9 Å². The van der Waals surface area contributed by atoms with Gasteiger partial charge in [0.25, 0.3) is 11.8 Å². The smallest absolute Gasteiger partial charge is 0.255 e. The van der Waals surface area contributed by atoms with E-state index in [1.807, 2.05) is 46.0 Å². The van der Waals surface area contributed by atoms with Gasteiger partial charge >= 0.3 is 0 Å². The van der Waals surface area contributed by atoms with Crippen LogP contribution in [0.5, 0.6) is 5.75 Å². The number of benzene rings is 3. The third-order valence-corrected chi connectivity index (χ3v) is 13.1. The molecule has 0 aliphatic carbocycles. The Morgan fingerprint density at radius 3 is 2.54 bits per heavy atom. The Morgan fingerprint density at radius 1 is 0.938 bits per heavy atom. The van der Waals surface area contributed by atoms with Gasteiger partial charge in [0.2, 0.25) is 17.7 Å². The van der Waals surface area contributed by atoms with E-state index in [0.29, 0.717) is 60.6 Å². The molecule has 0 bridgehead atoms. The summed E-state index contributed by atoms with van der Waals surface area (Å²) in [5.41, 5.74) is 12.0. The van der Waals surface area contributed by atoms with Crippen molar-refractivity contribution in [3.8, 4) is 17.0 Å². The van der Waals surface area contributed by atoms with Crippen molar-refractivity contribution in [1.29, 1.82) is 0 Å². The number of piperazine rings is 1. The molecule has 18 heteroatoms. The molecule has 17 nitrogen and oxygen atoms in total. The number of ether oxygens (including phenoxy) is 1. The molecule has 3 fully saturated rings. The summed E-state index contributed by atoms with van der Waals surface area (Å²) in [7, 11) is 1.43. The molecule has 6 heterocycles. The van der Waals surface area contributed by atoms with E-state index in [1.165, 1.54) is 25.6 Å². The van der Waals surface area contributed by atoms with Crippen LogP contribution in [-0.2, 0) is 27.5 Å². The third-order valence-electron chi connectivity index (χ3n) is 13.1. The fourth-order valence-electron chi connectivity index (χ4n) is 9.47. The van der Waals surface area contributed by atoms with Gasteiger partial charge in [0.05, 0.1) is 24.1 Å². The minimum Gasteiger partial charge on any atom is -0.496 e. The van der Waals surface area contributed by atoms with E-state index in [4.69, 9.17) is 15.6 Å². The van der Waals surface area contributed by atoms with Gasteiger partial charge in [0.1, 0.15) is 35.4 Å². The highest BCUT2D eigenvalue weighted by Gasteiger charge is 2.39. The number of unbranched alkanes of at least 4 members (excludes halogenated alkanes) is 2. The number of amides is 5. The zero-order valence-electron chi connectivity index (χ0n) is 36.3. The number of nitrogen functional groups attached to an aromatic ring is 1. The number of halogens is 1. The highest BCUT2D eigenvalue weighted by molar-refractivity contribution is 6.05. The topological polar surface area (TPSA) is 201 Å². The molecule has 4 aliphatic heterocycles. The number of imide groups is 1. The number of hydrogen-bond donors (Lipinski definition) is 3. The number of carbonyl (C=O) groups excluding carboxylic acids is 5. The Kier molecular flexibility index (Phi) is 12.4. The van der Waals surface area contributed by atoms with Crippen LogP contribution in [0.15, 0.2) is 67.0 Å². The molecule has 3 aromatic carbocycles. The van der Waals surface area contributed by atoms with E-state index in [9.17, 15) is 28.4 Å². The standard InChI is InChI=1S/C47H52FN11O6/c1-65-38-14-10-32(48)24-36(38)45(62)50-25-29-6-8-30(9-7-29)42-41-43(49)51-28-52-44(41)59(54-42)34-16-18-57(27-34)40(61)5-3-2-4-17-55-19-21-56(22-20-55)33-11-12-35-31(23-33)26-58(47(35)64)37-13-15-39(60)53-46(37)63/h6-12,14,23-24,28,34,37H,2-5,13,15-22,25-27H2,1H3,(H,50,62)(H2,49,51,52)(H,53,60,63). The number of likely N-dealkylation sites (tertiary alicyclic amines) is 1. The summed E-state index contributed by atoms with van der Waals surface area (Å²) in [6, 6.07) is 16.6. The summed E-state index contributed by atoms with van der Waals surface area (Å²) in [5, 5.41) is 10.8. The molecule has 2 unspecified atom stereocenters. The van der Waals surface area contributed by atoms with Crippen LogP contribution in [0.2, 0.25) is 0 Å². The van der Waals surface area contributed by atoms with Crippen molar-refractivity contribution < 1.29 is 33.1 Å². The molecular formula is C47H52FN11O6. The maximum absolute atomic E-state index is 13.8. The molecule has 0 saturated carbocycles. The van der Waals surface area contributed by atoms with Crippen molar-refractivity contribution in [2.45, 2.75) is 70.1 Å². The third kappa shape index (κ3) is 9.07. The maximum atomic E-state index is 13.8. The lowest BCUT2D eigenvalue weighted by molar-refractivity contribution is -0.137. The number of nitrogens with one attached hydrogen (secondary N) is 2. The summed E-state index contributed by atoms with van der Waals surface area (Å²) in [4.78, 5) is 80.6. The fourth-order valence-corrected chi connectivity index (χ4v) is 9.47. The van der Waals surface area contributed by atoms with Crippen molar-refractivity contribution in [3.05, 3.63) is 95.1 Å². The minimum atomic E-state index is -0.622. The molecule has 3 saturated heterocycles. The number of rotatable bonds is 14. The number of nitrogens with zero attached hydrogens (tertiary/aromatic N) is 8. The number of carbonyl (C=O) groups is 5. The first-order chi connectivity index (χ1) is 31.5. The molecule has 338 valence electrons. The van der Waals surface area contributed by atoms with Gasteiger partial charge in [-0.2, -0.15) is 5.10 Å². The van der Waals surface area contributed by atoms with Crippen molar-refractivity contribution in [2.24, 2.45) is 0 Å². The van der Waals surface area contributed by atoms with E-state index in [1.54, 1.807) is 4.90 Å². The van der Waals surface area contributed by atoms with Gasteiger partial charge in [0.15, 0.2) is 5.65 Å². The van der Waals surface area contributed by atoms with Crippen LogP contribution in [0.1, 0.15) is 82.8 Å². The zero-order chi connectivity index (χ0) is 45.2. The van der Waals surface area contributed by atoms with Crippen molar-refractivity contribution in [1.82, 2.24) is 45.1 Å². The number of anilines is 2. The average molecular weight is 886 g/mol. The number of piperidine rings is 1. The Morgan fingerprint density at radius 2 is 1.75 bits per heavy atom. The molecular weight excluding hydrogens is 834 g/mol. The van der Waals surface area contributed by atoms with Gasteiger partial charge in [0, 0.05) is 82.0 Å². The summed E-state index contributed by atoms with van der Waals surface area (Å²) in [6.07, 6.45) is 6.02. The largest absolute Gasteiger partial charge is 0.496 e. The van der Waals surface area contributed by atoms with Crippen LogP contribution >= 0.6 is 0 Å². The molecule has 65 heavy (non-hydrogen) atoms. The normalized spacial score (nSPS) is 18.9. The zero-order valence-corrected chi connectivity index (χ0v) is 36.3. The van der Waals surface area contributed by atoms with Crippen LogP contribution in [0.25, 0.3) is 22.3 Å². The van der Waals surface area contributed by atoms with Gasteiger partial charge in [-0.05, 0) is 79.8 Å². The van der Waals surface area contributed by atoms with Crippen molar-refractivity contribution >= 4 is 52.1 Å². The lowest BCUT2D eigenvalue weighted by Crippen LogP contribution is -2.52. The molecule has 9 rings (SSSR count). The van der Waals surface area contributed by atoms with E-state index in [2.05, 4.69) is 36.5 Å². The van der Waals surface area contributed by atoms with Gasteiger partial charge in [-0.3, -0.25) is 34.2 Å². The van der Waals surface area contributed by atoms with E-state index >= 15 is 0 Å². The van der Waals surface area contributed by atoms with Crippen LogP contribution < -0.4 is 26.0 Å². The Labute approximate surface area is 375 Å². The second kappa shape index (κ2) is 18.6. The van der Waals surface area contributed by atoms with Gasteiger partial charge < -0.3 is 30.5 Å². The summed E-state index contributed by atoms with van der Waals surface area (Å²) >= 11 is 0. The Bertz CT molecular complexity index is 2650. The molecule has 2 aromatic heterocycles. The van der Waals surface area contributed by atoms with Gasteiger partial charge in [-0.25, -0.2) is 19.0 Å². The lowest BCUT2D eigenvalue weighted by Gasteiger charge is -2.36. The maximum Gasteiger partial charge on any atom is 0.255 e. The number of aromatic nitrogens is 4. The first-order valence-corrected chi connectivity index (χ1v) is 22.3. The van der Waals surface area contributed by atoms with E-state index in [0.717, 1.165) is 86.9 Å².